The number of nitrogens with zero attached hydrogens (tertiary/aromatic N) is 4. The van der Waals surface area contributed by atoms with Crippen molar-refractivity contribution in [2.24, 2.45) is 0 Å². The Balaban J connectivity index is 1.57. The van der Waals surface area contributed by atoms with Gasteiger partial charge in [-0.3, -0.25) is 29.9 Å². The molecule has 2 aromatic carbocycles. The van der Waals surface area contributed by atoms with E-state index in [0.717, 1.165) is 10.3 Å². The number of fused-ring (bicyclic) bond motifs is 1. The number of halogens is 1. The van der Waals surface area contributed by atoms with E-state index in [4.69, 9.17) is 23.8 Å². The van der Waals surface area contributed by atoms with Crippen LogP contribution in [0.3, 0.4) is 0 Å². The van der Waals surface area contributed by atoms with Crippen LogP contribution in [0.25, 0.3) is 16.4 Å². The van der Waals surface area contributed by atoms with Gasteiger partial charge in [-0.25, -0.2) is 9.97 Å². The van der Waals surface area contributed by atoms with E-state index in [1.54, 1.807) is 42.6 Å². The molecule has 1 fully saturated rings. The minimum atomic E-state index is -0.707. The summed E-state index contributed by atoms with van der Waals surface area (Å²) in [4.78, 5) is 48.3. The SMILES string of the molecule is O=C1NC(=S)N(c2ccc(Cl)cc2)C(=O)/C1=C\c1cc([N+](=O)[O-])ccc1Sc1nc2cccnc2s1. The summed E-state index contributed by atoms with van der Waals surface area (Å²) in [5.41, 5.74) is 1.03. The molecule has 9 nitrogen and oxygen atoms in total. The molecule has 0 saturated carbocycles. The molecule has 1 N–H and O–H groups in total. The number of amides is 2. The Bertz CT molecular complexity index is 1570. The first kappa shape index (κ1) is 24.0. The molecular formula is C23H12ClN5O4S3. The van der Waals surface area contributed by atoms with E-state index in [2.05, 4.69) is 15.3 Å². The van der Waals surface area contributed by atoms with E-state index in [1.165, 1.54) is 46.2 Å². The van der Waals surface area contributed by atoms with Crippen molar-refractivity contribution in [3.63, 3.8) is 0 Å². The largest absolute Gasteiger partial charge is 0.298 e. The second-order valence-electron chi connectivity index (χ2n) is 7.32. The van der Waals surface area contributed by atoms with Crippen LogP contribution in [0.5, 0.6) is 0 Å². The van der Waals surface area contributed by atoms with E-state index >= 15 is 0 Å². The normalized spacial score (nSPS) is 15.0. The zero-order chi connectivity index (χ0) is 25.4. The highest BCUT2D eigenvalue weighted by Gasteiger charge is 2.34. The molecule has 2 aromatic heterocycles. The molecular weight excluding hydrogens is 542 g/mol. The number of carbonyl (C=O) groups excluding carboxylic acids is 2. The number of anilines is 1. The average Bonchev–Trinajstić information content (AvgIpc) is 3.26. The average molecular weight is 554 g/mol. The van der Waals surface area contributed by atoms with Gasteiger partial charge in [0, 0.05) is 28.2 Å². The van der Waals surface area contributed by atoms with Crippen LogP contribution >= 0.6 is 46.9 Å². The molecule has 0 bridgehead atoms. The Labute approximate surface area is 222 Å². The zero-order valence-electron chi connectivity index (χ0n) is 17.9. The van der Waals surface area contributed by atoms with Crippen molar-refractivity contribution in [3.05, 3.63) is 87.1 Å². The Hall–Kier alpha value is -3.71. The van der Waals surface area contributed by atoms with Gasteiger partial charge in [0.15, 0.2) is 9.45 Å². The van der Waals surface area contributed by atoms with Crippen molar-refractivity contribution in [1.82, 2.24) is 15.3 Å². The summed E-state index contributed by atoms with van der Waals surface area (Å²) in [6, 6.07) is 14.2. The molecule has 1 saturated heterocycles. The van der Waals surface area contributed by atoms with Crippen molar-refractivity contribution < 1.29 is 14.5 Å². The molecule has 1 aliphatic rings. The minimum absolute atomic E-state index is 0.0833. The molecule has 0 spiro atoms. The van der Waals surface area contributed by atoms with E-state index in [0.29, 0.717) is 25.5 Å². The van der Waals surface area contributed by atoms with Crippen molar-refractivity contribution in [1.29, 1.82) is 0 Å². The van der Waals surface area contributed by atoms with Crippen LogP contribution < -0.4 is 10.2 Å². The Kier molecular flexibility index (Phi) is 6.49. The highest BCUT2D eigenvalue weighted by atomic mass is 35.5. The van der Waals surface area contributed by atoms with E-state index in [-0.39, 0.29) is 16.4 Å². The predicted octanol–water partition coefficient (Wildman–Crippen LogP) is 5.24. The van der Waals surface area contributed by atoms with Crippen LogP contribution in [0.1, 0.15) is 5.56 Å². The van der Waals surface area contributed by atoms with Crippen LogP contribution in [0.15, 0.2) is 75.6 Å². The molecule has 0 unspecified atom stereocenters. The van der Waals surface area contributed by atoms with Gasteiger partial charge in [0.2, 0.25) is 0 Å². The lowest BCUT2D eigenvalue weighted by atomic mass is 10.1. The van der Waals surface area contributed by atoms with Crippen molar-refractivity contribution >= 4 is 91.6 Å². The number of thiazole rings is 1. The number of hydrogen-bond donors (Lipinski definition) is 1. The maximum atomic E-state index is 13.4. The topological polar surface area (TPSA) is 118 Å². The molecule has 2 amide bonds. The Morgan fingerprint density at radius 3 is 2.67 bits per heavy atom. The van der Waals surface area contributed by atoms with Crippen molar-refractivity contribution in [2.45, 2.75) is 9.24 Å². The summed E-state index contributed by atoms with van der Waals surface area (Å²) in [7, 11) is 0. The summed E-state index contributed by atoms with van der Waals surface area (Å²) in [6.07, 6.45) is 2.99. The van der Waals surface area contributed by atoms with Gasteiger partial charge in [0.05, 0.1) is 10.6 Å². The minimum Gasteiger partial charge on any atom is -0.298 e. The molecule has 0 radical (unpaired) electrons. The maximum absolute atomic E-state index is 13.4. The van der Waals surface area contributed by atoms with Gasteiger partial charge in [-0.05, 0) is 66.3 Å². The Morgan fingerprint density at radius 2 is 1.94 bits per heavy atom. The molecule has 178 valence electrons. The Morgan fingerprint density at radius 1 is 1.17 bits per heavy atom. The fourth-order valence-electron chi connectivity index (χ4n) is 3.38. The molecule has 3 heterocycles. The molecule has 0 atom stereocenters. The first-order valence-corrected chi connectivity index (χ1v) is 12.6. The van der Waals surface area contributed by atoms with Gasteiger partial charge in [-0.15, -0.1) is 0 Å². The highest BCUT2D eigenvalue weighted by molar-refractivity contribution is 8.01. The van der Waals surface area contributed by atoms with Crippen molar-refractivity contribution in [3.8, 4) is 0 Å². The van der Waals surface area contributed by atoms with Crippen LogP contribution in [-0.2, 0) is 9.59 Å². The number of nitrogens with one attached hydrogen (secondary N) is 1. The quantitative estimate of drug-likeness (QED) is 0.117. The third-order valence-electron chi connectivity index (χ3n) is 5.03. The summed E-state index contributed by atoms with van der Waals surface area (Å²) in [6.45, 7) is 0. The number of rotatable bonds is 5. The van der Waals surface area contributed by atoms with Gasteiger partial charge in [-0.1, -0.05) is 34.7 Å². The standard InChI is InChI=1S/C23H12ClN5O4S3/c24-13-3-5-14(6-4-13)28-21(31)16(19(30)27-22(28)34)11-12-10-15(29(32)33)7-8-18(12)35-23-26-17-2-1-9-25-20(17)36-23/h1-11H,(H,27,30,34)/b16-11-. The maximum Gasteiger partial charge on any atom is 0.270 e. The summed E-state index contributed by atoms with van der Waals surface area (Å²) < 4.78 is 0.653. The van der Waals surface area contributed by atoms with Crippen LogP contribution in [-0.4, -0.2) is 31.8 Å². The number of benzene rings is 2. The van der Waals surface area contributed by atoms with Gasteiger partial charge < -0.3 is 0 Å². The highest BCUT2D eigenvalue weighted by Crippen LogP contribution is 2.37. The predicted molar refractivity (Wildman–Crippen MR) is 142 cm³/mol. The number of hydrogen-bond acceptors (Lipinski definition) is 9. The third-order valence-corrected chi connectivity index (χ3v) is 7.70. The summed E-state index contributed by atoms with van der Waals surface area (Å²) >= 11 is 13.8. The smallest absolute Gasteiger partial charge is 0.270 e. The summed E-state index contributed by atoms with van der Waals surface area (Å²) in [5, 5.41) is 14.3. The first-order chi connectivity index (χ1) is 17.3. The third kappa shape index (κ3) is 4.71. The number of thiocarbonyl (C=S) groups is 1. The van der Waals surface area contributed by atoms with Crippen LogP contribution in [0, 0.1) is 10.1 Å². The lowest BCUT2D eigenvalue weighted by Crippen LogP contribution is -2.54. The van der Waals surface area contributed by atoms with E-state index in [1.807, 2.05) is 6.07 Å². The van der Waals surface area contributed by atoms with Gasteiger partial charge in [-0.2, -0.15) is 0 Å². The van der Waals surface area contributed by atoms with Gasteiger partial charge in [0.1, 0.15) is 15.9 Å². The fraction of sp³-hybridized carbons (Fsp3) is 0. The fourth-order valence-corrected chi connectivity index (χ4v) is 5.81. The molecule has 0 aliphatic carbocycles. The second kappa shape index (κ2) is 9.74. The number of nitro groups is 1. The van der Waals surface area contributed by atoms with Crippen LogP contribution in [0.4, 0.5) is 11.4 Å². The monoisotopic (exact) mass is 553 g/mol. The van der Waals surface area contributed by atoms with E-state index < -0.39 is 16.7 Å². The number of non-ortho nitro benzene ring substituents is 1. The first-order valence-electron chi connectivity index (χ1n) is 10.1. The van der Waals surface area contributed by atoms with Gasteiger partial charge >= 0.3 is 0 Å². The van der Waals surface area contributed by atoms with Crippen molar-refractivity contribution in [2.75, 3.05) is 4.90 Å². The lowest BCUT2D eigenvalue weighted by Gasteiger charge is -2.29. The van der Waals surface area contributed by atoms with Gasteiger partial charge in [0.25, 0.3) is 17.5 Å². The molecule has 13 heteroatoms. The van der Waals surface area contributed by atoms with Crippen LogP contribution in [0.2, 0.25) is 5.02 Å². The second-order valence-corrected chi connectivity index (χ2v) is 10.4. The number of pyridine rings is 1. The number of carbonyl (C=O) groups is 2. The van der Waals surface area contributed by atoms with E-state index in [9.17, 15) is 19.7 Å². The number of aromatic nitrogens is 2. The molecule has 4 aromatic rings. The summed E-state index contributed by atoms with van der Waals surface area (Å²) in [5.74, 6) is -1.38. The molecule has 5 rings (SSSR count). The molecule has 36 heavy (non-hydrogen) atoms. The number of nitro benzene ring substituents is 1. The molecule has 1 aliphatic heterocycles. The zero-order valence-corrected chi connectivity index (χ0v) is 21.1. The lowest BCUT2D eigenvalue weighted by molar-refractivity contribution is -0.384.